The standard InChI is InChI=1S/C33H36NOP/c1-4-19-33(2,36-31-18-12-11-17-28(31)24-34-3)30-23-27(20-25-13-7-5-8-14-25)22-29(32(30)35)21-26-15-9-6-10-16-26/h5-18,22-24,35-36H,4,19-21H2,1-3H3. The average molecular weight is 494 g/mol. The van der Waals surface area contributed by atoms with Gasteiger partial charge in [-0.3, -0.25) is 4.99 Å². The summed E-state index contributed by atoms with van der Waals surface area (Å²) >= 11 is 0. The van der Waals surface area contributed by atoms with Crippen LogP contribution in [-0.2, 0) is 18.0 Å². The van der Waals surface area contributed by atoms with Crippen LogP contribution in [0.5, 0.6) is 5.75 Å². The van der Waals surface area contributed by atoms with Crippen molar-refractivity contribution < 1.29 is 5.11 Å². The maximum absolute atomic E-state index is 11.7. The van der Waals surface area contributed by atoms with Gasteiger partial charge in [0, 0.05) is 30.4 Å². The van der Waals surface area contributed by atoms with Crippen molar-refractivity contribution in [3.63, 3.8) is 0 Å². The lowest BCUT2D eigenvalue weighted by atomic mass is 9.88. The normalized spacial score (nSPS) is 13.4. The highest BCUT2D eigenvalue weighted by Gasteiger charge is 2.31. The van der Waals surface area contributed by atoms with E-state index in [0.717, 1.165) is 36.0 Å². The van der Waals surface area contributed by atoms with E-state index in [0.29, 0.717) is 20.8 Å². The van der Waals surface area contributed by atoms with Crippen LogP contribution in [0.2, 0.25) is 0 Å². The van der Waals surface area contributed by atoms with E-state index < -0.39 is 0 Å². The number of aliphatic imine (C=N–C) groups is 1. The Morgan fingerprint density at radius 2 is 1.42 bits per heavy atom. The van der Waals surface area contributed by atoms with E-state index in [4.69, 9.17) is 0 Å². The highest BCUT2D eigenvalue weighted by atomic mass is 31.1. The van der Waals surface area contributed by atoms with E-state index in [9.17, 15) is 5.11 Å². The molecule has 2 atom stereocenters. The molecule has 0 fully saturated rings. The molecule has 0 radical (unpaired) electrons. The van der Waals surface area contributed by atoms with Crippen LogP contribution in [0.1, 0.15) is 60.1 Å². The number of benzene rings is 4. The van der Waals surface area contributed by atoms with Crippen molar-refractivity contribution in [2.45, 2.75) is 44.7 Å². The van der Waals surface area contributed by atoms with Gasteiger partial charge < -0.3 is 5.11 Å². The Hall–Kier alpha value is -3.22. The summed E-state index contributed by atoms with van der Waals surface area (Å²) in [7, 11) is 2.33. The first-order valence-corrected chi connectivity index (χ1v) is 13.7. The third kappa shape index (κ3) is 6.31. The smallest absolute Gasteiger partial charge is 0.123 e. The molecular weight excluding hydrogens is 457 g/mol. The van der Waals surface area contributed by atoms with Crippen LogP contribution in [-0.4, -0.2) is 18.4 Å². The fraction of sp³-hybridized carbons (Fsp3) is 0.242. The van der Waals surface area contributed by atoms with Crippen LogP contribution >= 0.6 is 8.58 Å². The molecule has 4 rings (SSSR count). The minimum atomic E-state index is -0.186. The van der Waals surface area contributed by atoms with Gasteiger partial charge in [-0.25, -0.2) is 0 Å². The fourth-order valence-electron chi connectivity index (χ4n) is 4.99. The Labute approximate surface area is 217 Å². The van der Waals surface area contributed by atoms with Crippen LogP contribution < -0.4 is 5.30 Å². The van der Waals surface area contributed by atoms with Crippen molar-refractivity contribution >= 4 is 20.1 Å². The van der Waals surface area contributed by atoms with Gasteiger partial charge >= 0.3 is 0 Å². The second-order valence-electron chi connectivity index (χ2n) is 9.66. The number of phenols is 1. The minimum Gasteiger partial charge on any atom is -0.507 e. The van der Waals surface area contributed by atoms with Crippen molar-refractivity contribution in [2.75, 3.05) is 7.05 Å². The van der Waals surface area contributed by atoms with Crippen molar-refractivity contribution in [3.05, 3.63) is 130 Å². The zero-order valence-corrected chi connectivity index (χ0v) is 22.5. The Bertz CT molecular complexity index is 1300. The Balaban J connectivity index is 1.82. The summed E-state index contributed by atoms with van der Waals surface area (Å²) < 4.78 is 0. The number of hydrogen-bond donors (Lipinski definition) is 1. The summed E-state index contributed by atoms with van der Waals surface area (Å²) in [4.78, 5) is 4.28. The maximum Gasteiger partial charge on any atom is 0.123 e. The lowest BCUT2D eigenvalue weighted by Gasteiger charge is -2.33. The number of nitrogens with zero attached hydrogens (tertiary/aromatic N) is 1. The maximum atomic E-state index is 11.7. The molecule has 0 bridgehead atoms. The van der Waals surface area contributed by atoms with Gasteiger partial charge in [0.15, 0.2) is 0 Å². The van der Waals surface area contributed by atoms with Crippen molar-refractivity contribution in [1.82, 2.24) is 0 Å². The largest absolute Gasteiger partial charge is 0.507 e. The van der Waals surface area contributed by atoms with Crippen LogP contribution in [0.3, 0.4) is 0 Å². The monoisotopic (exact) mass is 493 g/mol. The van der Waals surface area contributed by atoms with Crippen LogP contribution in [0.15, 0.2) is 102 Å². The first-order chi connectivity index (χ1) is 17.5. The van der Waals surface area contributed by atoms with Gasteiger partial charge in [-0.05, 0) is 46.0 Å². The Kier molecular flexibility index (Phi) is 8.73. The molecule has 0 aromatic heterocycles. The predicted molar refractivity (Wildman–Crippen MR) is 157 cm³/mol. The molecule has 0 saturated carbocycles. The topological polar surface area (TPSA) is 32.6 Å². The molecule has 0 spiro atoms. The Morgan fingerprint density at radius 3 is 2.06 bits per heavy atom. The molecule has 0 saturated heterocycles. The molecular formula is C33H36NOP. The SMILES string of the molecule is CCCC(C)(Pc1ccccc1C=NC)c1cc(Cc2ccccc2)cc(Cc2ccccc2)c1O. The second-order valence-corrected chi connectivity index (χ2v) is 11.5. The highest BCUT2D eigenvalue weighted by molar-refractivity contribution is 7.48. The molecule has 0 aliphatic rings. The molecule has 4 aromatic rings. The summed E-state index contributed by atoms with van der Waals surface area (Å²) in [6.07, 6.45) is 5.55. The highest BCUT2D eigenvalue weighted by Crippen LogP contribution is 2.49. The Morgan fingerprint density at radius 1 is 0.806 bits per heavy atom. The van der Waals surface area contributed by atoms with Crippen molar-refractivity contribution in [2.24, 2.45) is 4.99 Å². The molecule has 3 heteroatoms. The van der Waals surface area contributed by atoms with E-state index in [1.807, 2.05) is 19.3 Å². The molecule has 36 heavy (non-hydrogen) atoms. The average Bonchev–Trinajstić information content (AvgIpc) is 2.88. The van der Waals surface area contributed by atoms with Crippen LogP contribution in [0, 0.1) is 0 Å². The van der Waals surface area contributed by atoms with Gasteiger partial charge in [-0.1, -0.05) is 126 Å². The number of aromatic hydroxyl groups is 1. The molecule has 0 heterocycles. The van der Waals surface area contributed by atoms with Crippen LogP contribution in [0.4, 0.5) is 0 Å². The number of rotatable bonds is 10. The van der Waals surface area contributed by atoms with Crippen molar-refractivity contribution in [3.8, 4) is 5.75 Å². The van der Waals surface area contributed by atoms with E-state index in [1.54, 1.807) is 0 Å². The lowest BCUT2D eigenvalue weighted by Crippen LogP contribution is -2.22. The summed E-state index contributed by atoms with van der Waals surface area (Å²) in [5.74, 6) is 0.445. The summed E-state index contributed by atoms with van der Waals surface area (Å²) in [5.41, 5.74) is 6.95. The third-order valence-electron chi connectivity index (χ3n) is 6.72. The zero-order chi connectivity index (χ0) is 25.4. The van der Waals surface area contributed by atoms with E-state index >= 15 is 0 Å². The van der Waals surface area contributed by atoms with Gasteiger partial charge in [-0.2, -0.15) is 0 Å². The molecule has 0 aliphatic heterocycles. The zero-order valence-electron chi connectivity index (χ0n) is 21.5. The van der Waals surface area contributed by atoms with E-state index in [2.05, 4.69) is 110 Å². The molecule has 184 valence electrons. The summed E-state index contributed by atoms with van der Waals surface area (Å²) in [5, 5.41) is 12.8. The van der Waals surface area contributed by atoms with Gasteiger partial charge in [0.05, 0.1) is 0 Å². The molecule has 0 amide bonds. The molecule has 0 aliphatic carbocycles. The first-order valence-electron chi connectivity index (χ1n) is 12.7. The van der Waals surface area contributed by atoms with Gasteiger partial charge in [0.1, 0.15) is 5.75 Å². The van der Waals surface area contributed by atoms with E-state index in [1.165, 1.54) is 22.0 Å². The first kappa shape index (κ1) is 25.9. The third-order valence-corrected chi connectivity index (χ3v) is 8.52. The molecule has 2 nitrogen and oxygen atoms in total. The summed E-state index contributed by atoms with van der Waals surface area (Å²) in [6, 6.07) is 34.0. The van der Waals surface area contributed by atoms with Gasteiger partial charge in [-0.15, -0.1) is 0 Å². The quantitative estimate of drug-likeness (QED) is 0.179. The minimum absolute atomic E-state index is 0.186. The molecule has 4 aromatic carbocycles. The fourth-order valence-corrected chi connectivity index (χ4v) is 6.76. The molecule has 1 N–H and O–H groups in total. The molecule has 2 unspecified atom stereocenters. The number of phenolic OH excluding ortho intramolecular Hbond substituents is 1. The second kappa shape index (κ2) is 12.2. The van der Waals surface area contributed by atoms with Crippen molar-refractivity contribution in [1.29, 1.82) is 0 Å². The summed E-state index contributed by atoms with van der Waals surface area (Å²) in [6.45, 7) is 4.56. The van der Waals surface area contributed by atoms with Crippen LogP contribution in [0.25, 0.3) is 0 Å². The predicted octanol–water partition coefficient (Wildman–Crippen LogP) is 7.64. The van der Waals surface area contributed by atoms with E-state index in [-0.39, 0.29) is 5.16 Å². The number of hydrogen-bond acceptors (Lipinski definition) is 2. The van der Waals surface area contributed by atoms with Gasteiger partial charge in [0.2, 0.25) is 0 Å². The van der Waals surface area contributed by atoms with Gasteiger partial charge in [0.25, 0.3) is 0 Å². The lowest BCUT2D eigenvalue weighted by molar-refractivity contribution is 0.447.